The van der Waals surface area contributed by atoms with Gasteiger partial charge in [0.15, 0.2) is 5.16 Å². The number of thioether (sulfide) groups is 1. The normalized spacial score (nSPS) is 13.1. The molecule has 1 saturated carbocycles. The van der Waals surface area contributed by atoms with E-state index in [9.17, 15) is 4.79 Å². The molecule has 1 aromatic heterocycles. The molecule has 0 unspecified atom stereocenters. The Morgan fingerprint density at radius 3 is 2.25 bits per heavy atom. The molecule has 0 bridgehead atoms. The Balaban J connectivity index is 1.25. The van der Waals surface area contributed by atoms with Crippen LogP contribution in [0.25, 0.3) is 0 Å². The van der Waals surface area contributed by atoms with Crippen molar-refractivity contribution in [2.45, 2.75) is 36.2 Å². The molecule has 1 aliphatic rings. The second kappa shape index (κ2) is 9.40. The van der Waals surface area contributed by atoms with Crippen molar-refractivity contribution in [2.75, 3.05) is 5.32 Å². The van der Waals surface area contributed by atoms with Crippen LogP contribution in [0.5, 0.6) is 0 Å². The van der Waals surface area contributed by atoms with Gasteiger partial charge in [0.2, 0.25) is 0 Å². The zero-order valence-corrected chi connectivity index (χ0v) is 18.5. The van der Waals surface area contributed by atoms with E-state index >= 15 is 0 Å². The number of nitrogens with zero attached hydrogens (tertiary/aromatic N) is 3. The zero-order chi connectivity index (χ0) is 21.8. The summed E-state index contributed by atoms with van der Waals surface area (Å²) in [4.78, 5) is 12.5. The highest BCUT2D eigenvalue weighted by atomic mass is 32.2. The molecular formula is C26H24N4OS. The molecular weight excluding hydrogens is 416 g/mol. The lowest BCUT2D eigenvalue weighted by Gasteiger charge is -2.10. The van der Waals surface area contributed by atoms with Gasteiger partial charge in [-0.15, -0.1) is 10.2 Å². The van der Waals surface area contributed by atoms with Gasteiger partial charge < -0.3 is 9.88 Å². The average molecular weight is 441 g/mol. The number of hydrogen-bond donors (Lipinski definition) is 1. The summed E-state index contributed by atoms with van der Waals surface area (Å²) in [5.74, 6) is 2.32. The van der Waals surface area contributed by atoms with Crippen LogP contribution >= 0.6 is 11.8 Å². The molecule has 1 N–H and O–H groups in total. The standard InChI is InChI=1S/C26H24N4OS/c31-25(27-23-9-5-2-6-10-23)22-13-11-20(12-14-22)18-32-26-29-28-24(21-15-16-21)30(26)17-19-7-3-1-4-8-19/h1-14,21H,15-18H2,(H,27,31). The Morgan fingerprint density at radius 2 is 1.56 bits per heavy atom. The molecule has 0 spiro atoms. The monoisotopic (exact) mass is 440 g/mol. The van der Waals surface area contributed by atoms with Gasteiger partial charge in [-0.1, -0.05) is 72.4 Å². The van der Waals surface area contributed by atoms with Crippen LogP contribution in [0.3, 0.4) is 0 Å². The molecule has 1 aliphatic carbocycles. The highest BCUT2D eigenvalue weighted by molar-refractivity contribution is 7.98. The van der Waals surface area contributed by atoms with Gasteiger partial charge >= 0.3 is 0 Å². The topological polar surface area (TPSA) is 59.8 Å². The maximum Gasteiger partial charge on any atom is 0.255 e. The van der Waals surface area contributed by atoms with Crippen LogP contribution in [-0.2, 0) is 12.3 Å². The molecule has 0 saturated heterocycles. The molecule has 3 aromatic carbocycles. The third-order valence-corrected chi connectivity index (χ3v) is 6.53. The van der Waals surface area contributed by atoms with Gasteiger partial charge in [-0.3, -0.25) is 4.79 Å². The summed E-state index contributed by atoms with van der Waals surface area (Å²) >= 11 is 1.69. The third kappa shape index (κ3) is 4.92. The van der Waals surface area contributed by atoms with Crippen LogP contribution in [0.4, 0.5) is 5.69 Å². The molecule has 0 aliphatic heterocycles. The first-order valence-corrected chi connectivity index (χ1v) is 11.8. The number of rotatable bonds is 8. The van der Waals surface area contributed by atoms with Crippen LogP contribution in [0.1, 0.15) is 46.1 Å². The molecule has 0 atom stereocenters. The van der Waals surface area contributed by atoms with Gasteiger partial charge in [0.25, 0.3) is 5.91 Å². The van der Waals surface area contributed by atoms with Crippen LogP contribution in [0.15, 0.2) is 90.1 Å². The first-order chi connectivity index (χ1) is 15.8. The number of anilines is 1. The van der Waals surface area contributed by atoms with Crippen molar-refractivity contribution in [1.29, 1.82) is 0 Å². The molecule has 1 fully saturated rings. The van der Waals surface area contributed by atoms with Crippen molar-refractivity contribution in [3.8, 4) is 0 Å². The molecule has 1 heterocycles. The molecule has 4 aromatic rings. The van der Waals surface area contributed by atoms with Crippen molar-refractivity contribution in [1.82, 2.24) is 14.8 Å². The third-order valence-electron chi connectivity index (χ3n) is 5.49. The van der Waals surface area contributed by atoms with Crippen molar-refractivity contribution >= 4 is 23.4 Å². The Bertz CT molecular complexity index is 1190. The van der Waals surface area contributed by atoms with Gasteiger partial charge in [0, 0.05) is 22.9 Å². The van der Waals surface area contributed by atoms with E-state index in [0.29, 0.717) is 11.5 Å². The highest BCUT2D eigenvalue weighted by Crippen LogP contribution is 2.40. The van der Waals surface area contributed by atoms with Gasteiger partial charge in [0.05, 0.1) is 6.54 Å². The van der Waals surface area contributed by atoms with E-state index in [1.54, 1.807) is 11.8 Å². The smallest absolute Gasteiger partial charge is 0.255 e. The van der Waals surface area contributed by atoms with E-state index in [1.807, 2.05) is 60.7 Å². The number of benzene rings is 3. The Kier molecular flexibility index (Phi) is 6.03. The lowest BCUT2D eigenvalue weighted by molar-refractivity contribution is 0.102. The van der Waals surface area contributed by atoms with E-state index in [2.05, 4.69) is 44.3 Å². The van der Waals surface area contributed by atoms with E-state index in [0.717, 1.165) is 34.5 Å². The Morgan fingerprint density at radius 1 is 0.875 bits per heavy atom. The first-order valence-electron chi connectivity index (χ1n) is 10.8. The molecule has 32 heavy (non-hydrogen) atoms. The summed E-state index contributed by atoms with van der Waals surface area (Å²) in [5.41, 5.74) is 3.84. The summed E-state index contributed by atoms with van der Waals surface area (Å²) in [6, 6.07) is 27.7. The van der Waals surface area contributed by atoms with Crippen LogP contribution in [0, 0.1) is 0 Å². The van der Waals surface area contributed by atoms with Crippen molar-refractivity contribution in [3.63, 3.8) is 0 Å². The number of carbonyl (C=O) groups is 1. The van der Waals surface area contributed by atoms with E-state index in [4.69, 9.17) is 0 Å². The fourth-order valence-electron chi connectivity index (χ4n) is 3.59. The minimum absolute atomic E-state index is 0.105. The lowest BCUT2D eigenvalue weighted by atomic mass is 10.1. The Hall–Kier alpha value is -3.38. The van der Waals surface area contributed by atoms with E-state index in [-0.39, 0.29) is 5.91 Å². The number of aromatic nitrogens is 3. The molecule has 5 nitrogen and oxygen atoms in total. The maximum absolute atomic E-state index is 12.5. The fraction of sp³-hybridized carbons (Fsp3) is 0.192. The number of hydrogen-bond acceptors (Lipinski definition) is 4. The molecule has 6 heteroatoms. The fourth-order valence-corrected chi connectivity index (χ4v) is 4.49. The number of amides is 1. The van der Waals surface area contributed by atoms with Crippen LogP contribution < -0.4 is 5.32 Å². The van der Waals surface area contributed by atoms with E-state index < -0.39 is 0 Å². The average Bonchev–Trinajstić information content (AvgIpc) is 3.61. The molecule has 0 radical (unpaired) electrons. The number of carbonyl (C=O) groups excluding carboxylic acids is 1. The largest absolute Gasteiger partial charge is 0.322 e. The van der Waals surface area contributed by atoms with Gasteiger partial charge in [0.1, 0.15) is 5.82 Å². The minimum atomic E-state index is -0.105. The van der Waals surface area contributed by atoms with Crippen LogP contribution in [0.2, 0.25) is 0 Å². The number of para-hydroxylation sites is 1. The predicted molar refractivity (Wildman–Crippen MR) is 128 cm³/mol. The van der Waals surface area contributed by atoms with E-state index in [1.165, 1.54) is 18.4 Å². The second-order valence-electron chi connectivity index (χ2n) is 7.99. The summed E-state index contributed by atoms with van der Waals surface area (Å²) in [6.07, 6.45) is 2.40. The Labute approximate surface area is 191 Å². The minimum Gasteiger partial charge on any atom is -0.322 e. The molecule has 1 amide bonds. The SMILES string of the molecule is O=C(Nc1ccccc1)c1ccc(CSc2nnc(C3CC3)n2Cc2ccccc2)cc1. The van der Waals surface area contributed by atoms with Crippen LogP contribution in [-0.4, -0.2) is 20.7 Å². The summed E-state index contributed by atoms with van der Waals surface area (Å²) in [5, 5.41) is 12.9. The highest BCUT2D eigenvalue weighted by Gasteiger charge is 2.30. The molecule has 5 rings (SSSR count). The predicted octanol–water partition coefficient (Wildman–Crippen LogP) is 5.75. The van der Waals surface area contributed by atoms with Crippen molar-refractivity contribution in [2.24, 2.45) is 0 Å². The van der Waals surface area contributed by atoms with Crippen molar-refractivity contribution in [3.05, 3.63) is 107 Å². The summed E-state index contributed by atoms with van der Waals surface area (Å²) < 4.78 is 2.26. The summed E-state index contributed by atoms with van der Waals surface area (Å²) in [7, 11) is 0. The van der Waals surface area contributed by atoms with Gasteiger partial charge in [-0.2, -0.15) is 0 Å². The van der Waals surface area contributed by atoms with Gasteiger partial charge in [-0.25, -0.2) is 0 Å². The van der Waals surface area contributed by atoms with Gasteiger partial charge in [-0.05, 0) is 48.2 Å². The first kappa shape index (κ1) is 20.5. The maximum atomic E-state index is 12.5. The second-order valence-corrected chi connectivity index (χ2v) is 8.94. The summed E-state index contributed by atoms with van der Waals surface area (Å²) in [6.45, 7) is 0.792. The molecule has 160 valence electrons. The van der Waals surface area contributed by atoms with Crippen molar-refractivity contribution < 1.29 is 4.79 Å². The zero-order valence-electron chi connectivity index (χ0n) is 17.6. The lowest BCUT2D eigenvalue weighted by Crippen LogP contribution is -2.11. The quantitative estimate of drug-likeness (QED) is 0.355. The number of nitrogens with one attached hydrogen (secondary N) is 1.